The van der Waals surface area contributed by atoms with Gasteiger partial charge >= 0.3 is 0 Å². The zero-order chi connectivity index (χ0) is 13.7. The molecule has 0 bridgehead atoms. The third-order valence-corrected chi connectivity index (χ3v) is 3.23. The molecule has 98 valence electrons. The quantitative estimate of drug-likeness (QED) is 0.833. The summed E-state index contributed by atoms with van der Waals surface area (Å²) in [7, 11) is 1.81. The Bertz CT molecular complexity index is 554. The van der Waals surface area contributed by atoms with Crippen LogP contribution in [0.2, 0.25) is 5.02 Å². The zero-order valence-electron chi connectivity index (χ0n) is 10.8. The Morgan fingerprint density at radius 3 is 2.53 bits per heavy atom. The number of benzene rings is 2. The van der Waals surface area contributed by atoms with Crippen LogP contribution >= 0.6 is 11.6 Å². The maximum atomic E-state index is 12.2. The van der Waals surface area contributed by atoms with Crippen molar-refractivity contribution in [2.45, 2.75) is 6.42 Å². The molecule has 2 aromatic rings. The molecular weight excluding hydrogens is 258 g/mol. The van der Waals surface area contributed by atoms with Crippen molar-refractivity contribution in [3.05, 3.63) is 70.7 Å². The van der Waals surface area contributed by atoms with E-state index in [1.54, 1.807) is 29.2 Å². The van der Waals surface area contributed by atoms with Gasteiger partial charge in [-0.05, 0) is 30.2 Å². The molecule has 0 atom stereocenters. The minimum absolute atomic E-state index is 0.00145. The Balaban J connectivity index is 1.96. The Kier molecular flexibility index (Phi) is 4.58. The van der Waals surface area contributed by atoms with Gasteiger partial charge in [0.05, 0.1) is 0 Å². The predicted molar refractivity (Wildman–Crippen MR) is 78.6 cm³/mol. The highest BCUT2D eigenvalue weighted by atomic mass is 35.5. The molecule has 2 rings (SSSR count). The van der Waals surface area contributed by atoms with E-state index in [1.807, 2.05) is 25.2 Å². The Hall–Kier alpha value is -1.80. The molecule has 0 aliphatic heterocycles. The van der Waals surface area contributed by atoms with E-state index in [0.717, 1.165) is 6.42 Å². The standard InChI is InChI=1S/C16H16ClNO/c1-18(11-10-13-6-3-2-4-7-13)16(19)14-8-5-9-15(17)12-14/h2-9,12H,10-11H2,1H3. The summed E-state index contributed by atoms with van der Waals surface area (Å²) in [5, 5.41) is 0.585. The molecular formula is C16H16ClNO. The Morgan fingerprint density at radius 2 is 1.84 bits per heavy atom. The number of hydrogen-bond donors (Lipinski definition) is 0. The van der Waals surface area contributed by atoms with E-state index in [-0.39, 0.29) is 5.91 Å². The van der Waals surface area contributed by atoms with Crippen LogP contribution in [0.1, 0.15) is 15.9 Å². The number of amides is 1. The van der Waals surface area contributed by atoms with Crippen molar-refractivity contribution in [1.29, 1.82) is 0 Å². The third-order valence-electron chi connectivity index (χ3n) is 3.00. The van der Waals surface area contributed by atoms with Crippen molar-refractivity contribution in [1.82, 2.24) is 4.90 Å². The van der Waals surface area contributed by atoms with Crippen molar-refractivity contribution in [3.8, 4) is 0 Å². The lowest BCUT2D eigenvalue weighted by molar-refractivity contribution is 0.0796. The topological polar surface area (TPSA) is 20.3 Å². The lowest BCUT2D eigenvalue weighted by atomic mass is 10.1. The van der Waals surface area contributed by atoms with Crippen LogP contribution in [0.4, 0.5) is 0 Å². The van der Waals surface area contributed by atoms with Gasteiger partial charge in [0.2, 0.25) is 0 Å². The maximum Gasteiger partial charge on any atom is 0.253 e. The summed E-state index contributed by atoms with van der Waals surface area (Å²) in [5.74, 6) is -0.00145. The van der Waals surface area contributed by atoms with Gasteiger partial charge in [-0.1, -0.05) is 48.0 Å². The zero-order valence-corrected chi connectivity index (χ0v) is 11.6. The molecule has 3 heteroatoms. The number of carbonyl (C=O) groups is 1. The molecule has 19 heavy (non-hydrogen) atoms. The molecule has 0 spiro atoms. The average molecular weight is 274 g/mol. The maximum absolute atomic E-state index is 12.2. The molecule has 0 aromatic heterocycles. The van der Waals surface area contributed by atoms with E-state index < -0.39 is 0 Å². The third kappa shape index (κ3) is 3.83. The average Bonchev–Trinajstić information content (AvgIpc) is 2.45. The van der Waals surface area contributed by atoms with Crippen LogP contribution < -0.4 is 0 Å². The van der Waals surface area contributed by atoms with Crippen LogP contribution in [-0.4, -0.2) is 24.4 Å². The largest absolute Gasteiger partial charge is 0.341 e. The number of carbonyl (C=O) groups excluding carboxylic acids is 1. The van der Waals surface area contributed by atoms with Crippen LogP contribution in [0.3, 0.4) is 0 Å². The molecule has 1 amide bonds. The number of likely N-dealkylation sites (N-methyl/N-ethyl adjacent to an activating group) is 1. The summed E-state index contributed by atoms with van der Waals surface area (Å²) in [6, 6.07) is 17.2. The molecule has 2 nitrogen and oxygen atoms in total. The molecule has 0 radical (unpaired) electrons. The van der Waals surface area contributed by atoms with Crippen molar-refractivity contribution in [3.63, 3.8) is 0 Å². The Labute approximate surface area is 118 Å². The van der Waals surface area contributed by atoms with Gasteiger partial charge in [0.25, 0.3) is 5.91 Å². The minimum atomic E-state index is -0.00145. The summed E-state index contributed by atoms with van der Waals surface area (Å²) in [4.78, 5) is 13.9. The monoisotopic (exact) mass is 273 g/mol. The second-order valence-electron chi connectivity index (χ2n) is 4.47. The summed E-state index contributed by atoms with van der Waals surface area (Å²) >= 11 is 5.90. The molecule has 0 N–H and O–H groups in total. The molecule has 2 aromatic carbocycles. The Morgan fingerprint density at radius 1 is 1.11 bits per heavy atom. The normalized spacial score (nSPS) is 10.2. The summed E-state index contributed by atoms with van der Waals surface area (Å²) in [6.07, 6.45) is 0.851. The van der Waals surface area contributed by atoms with Gasteiger partial charge in [0.1, 0.15) is 0 Å². The molecule has 0 unspecified atom stereocenters. The SMILES string of the molecule is CN(CCc1ccccc1)C(=O)c1cccc(Cl)c1. The first kappa shape index (κ1) is 13.6. The van der Waals surface area contributed by atoms with Crippen LogP contribution in [0, 0.1) is 0 Å². The summed E-state index contributed by atoms with van der Waals surface area (Å²) in [6.45, 7) is 0.690. The highest BCUT2D eigenvalue weighted by Crippen LogP contribution is 2.12. The van der Waals surface area contributed by atoms with E-state index in [0.29, 0.717) is 17.1 Å². The first-order chi connectivity index (χ1) is 9.16. The van der Waals surface area contributed by atoms with Crippen LogP contribution in [0.25, 0.3) is 0 Å². The number of hydrogen-bond acceptors (Lipinski definition) is 1. The lowest BCUT2D eigenvalue weighted by Gasteiger charge is -2.17. The van der Waals surface area contributed by atoms with Crippen LogP contribution in [-0.2, 0) is 6.42 Å². The number of rotatable bonds is 4. The fourth-order valence-corrected chi connectivity index (χ4v) is 2.08. The van der Waals surface area contributed by atoms with Crippen molar-refractivity contribution in [2.75, 3.05) is 13.6 Å². The lowest BCUT2D eigenvalue weighted by Crippen LogP contribution is -2.28. The van der Waals surface area contributed by atoms with E-state index in [2.05, 4.69) is 12.1 Å². The van der Waals surface area contributed by atoms with Crippen molar-refractivity contribution >= 4 is 17.5 Å². The first-order valence-electron chi connectivity index (χ1n) is 6.22. The summed E-state index contributed by atoms with van der Waals surface area (Å²) < 4.78 is 0. The van der Waals surface area contributed by atoms with Gasteiger partial charge in [-0.25, -0.2) is 0 Å². The van der Waals surface area contributed by atoms with E-state index in [1.165, 1.54) is 5.56 Å². The van der Waals surface area contributed by atoms with E-state index in [9.17, 15) is 4.79 Å². The molecule has 0 fully saturated rings. The molecule has 0 saturated heterocycles. The first-order valence-corrected chi connectivity index (χ1v) is 6.59. The molecule has 0 saturated carbocycles. The molecule has 0 aliphatic carbocycles. The minimum Gasteiger partial charge on any atom is -0.341 e. The van der Waals surface area contributed by atoms with Crippen molar-refractivity contribution in [2.24, 2.45) is 0 Å². The van der Waals surface area contributed by atoms with E-state index in [4.69, 9.17) is 11.6 Å². The van der Waals surface area contributed by atoms with Gasteiger partial charge in [0, 0.05) is 24.2 Å². The number of halogens is 1. The van der Waals surface area contributed by atoms with E-state index >= 15 is 0 Å². The van der Waals surface area contributed by atoms with Crippen LogP contribution in [0.15, 0.2) is 54.6 Å². The second kappa shape index (κ2) is 6.39. The fourth-order valence-electron chi connectivity index (χ4n) is 1.88. The van der Waals surface area contributed by atoms with Crippen molar-refractivity contribution < 1.29 is 4.79 Å². The second-order valence-corrected chi connectivity index (χ2v) is 4.91. The highest BCUT2D eigenvalue weighted by molar-refractivity contribution is 6.30. The van der Waals surface area contributed by atoms with Crippen LogP contribution in [0.5, 0.6) is 0 Å². The van der Waals surface area contributed by atoms with Gasteiger partial charge in [-0.15, -0.1) is 0 Å². The van der Waals surface area contributed by atoms with Gasteiger partial charge in [0.15, 0.2) is 0 Å². The fraction of sp³-hybridized carbons (Fsp3) is 0.188. The van der Waals surface area contributed by atoms with Gasteiger partial charge < -0.3 is 4.90 Å². The van der Waals surface area contributed by atoms with Gasteiger partial charge in [-0.2, -0.15) is 0 Å². The number of nitrogens with zero attached hydrogens (tertiary/aromatic N) is 1. The predicted octanol–water partition coefficient (Wildman–Crippen LogP) is 3.65. The molecule has 0 aliphatic rings. The highest BCUT2D eigenvalue weighted by Gasteiger charge is 2.11. The molecule has 0 heterocycles. The smallest absolute Gasteiger partial charge is 0.253 e. The summed E-state index contributed by atoms with van der Waals surface area (Å²) in [5.41, 5.74) is 1.86. The van der Waals surface area contributed by atoms with Gasteiger partial charge in [-0.3, -0.25) is 4.79 Å².